The van der Waals surface area contributed by atoms with E-state index in [1.165, 1.54) is 10.5 Å². The molecule has 3 rings (SSSR count). The molecule has 0 aliphatic carbocycles. The van der Waals surface area contributed by atoms with Crippen molar-refractivity contribution in [2.24, 2.45) is 12.8 Å². The van der Waals surface area contributed by atoms with Gasteiger partial charge in [0.25, 0.3) is 0 Å². The summed E-state index contributed by atoms with van der Waals surface area (Å²) in [5.74, 6) is 0. The standard InChI is InChI=1S/C12H14N4S/c1-16-9(7-14-15-16)12(13)11-6-8-4-2-3-5-10(8)17-11/h2-5,7,11-12H,6,13H2,1H3. The van der Waals surface area contributed by atoms with E-state index in [2.05, 4.69) is 34.6 Å². The van der Waals surface area contributed by atoms with E-state index in [-0.39, 0.29) is 6.04 Å². The van der Waals surface area contributed by atoms with Crippen LogP contribution in [-0.2, 0) is 13.5 Å². The van der Waals surface area contributed by atoms with Gasteiger partial charge in [-0.2, -0.15) is 0 Å². The number of nitrogens with zero attached hydrogens (tertiary/aromatic N) is 3. The Bertz CT molecular complexity index is 512. The Labute approximate surface area is 104 Å². The molecule has 5 heteroatoms. The molecule has 0 amide bonds. The molecule has 88 valence electrons. The number of nitrogens with two attached hydrogens (primary N) is 1. The quantitative estimate of drug-likeness (QED) is 0.873. The SMILES string of the molecule is Cn1nncc1C(N)C1Cc2ccccc2S1. The van der Waals surface area contributed by atoms with Crippen LogP contribution in [0.5, 0.6) is 0 Å². The average molecular weight is 246 g/mol. The summed E-state index contributed by atoms with van der Waals surface area (Å²) in [4.78, 5) is 1.35. The summed E-state index contributed by atoms with van der Waals surface area (Å²) < 4.78 is 1.76. The Morgan fingerprint density at radius 1 is 1.47 bits per heavy atom. The second-order valence-corrected chi connectivity index (χ2v) is 5.56. The summed E-state index contributed by atoms with van der Waals surface area (Å²) in [6, 6.07) is 8.47. The second-order valence-electron chi connectivity index (χ2n) is 4.28. The van der Waals surface area contributed by atoms with E-state index in [1.54, 1.807) is 10.9 Å². The average Bonchev–Trinajstić information content (AvgIpc) is 2.93. The number of aromatic nitrogens is 3. The van der Waals surface area contributed by atoms with Gasteiger partial charge in [-0.15, -0.1) is 16.9 Å². The molecule has 1 aliphatic heterocycles. The summed E-state index contributed by atoms with van der Waals surface area (Å²) >= 11 is 1.86. The van der Waals surface area contributed by atoms with Crippen LogP contribution in [0.3, 0.4) is 0 Å². The number of fused-ring (bicyclic) bond motifs is 1. The molecule has 2 heterocycles. The molecule has 2 aromatic rings. The highest BCUT2D eigenvalue weighted by Gasteiger charge is 2.29. The Morgan fingerprint density at radius 3 is 3.00 bits per heavy atom. The molecule has 2 N–H and O–H groups in total. The van der Waals surface area contributed by atoms with E-state index in [1.807, 2.05) is 18.8 Å². The predicted octanol–water partition coefficient (Wildman–Crippen LogP) is 1.53. The van der Waals surface area contributed by atoms with Gasteiger partial charge in [0.2, 0.25) is 0 Å². The molecular weight excluding hydrogens is 232 g/mol. The number of hydrogen-bond donors (Lipinski definition) is 1. The first-order valence-corrected chi connectivity index (χ1v) is 6.48. The smallest absolute Gasteiger partial charge is 0.0762 e. The summed E-state index contributed by atoms with van der Waals surface area (Å²) in [5, 5.41) is 8.20. The van der Waals surface area contributed by atoms with Crippen LogP contribution in [0.25, 0.3) is 0 Å². The molecule has 17 heavy (non-hydrogen) atoms. The van der Waals surface area contributed by atoms with Crippen LogP contribution in [0, 0.1) is 0 Å². The maximum absolute atomic E-state index is 6.30. The van der Waals surface area contributed by atoms with Crippen molar-refractivity contribution in [1.82, 2.24) is 15.0 Å². The highest BCUT2D eigenvalue weighted by molar-refractivity contribution is 8.00. The molecule has 0 radical (unpaired) electrons. The van der Waals surface area contributed by atoms with Gasteiger partial charge in [0.05, 0.1) is 17.9 Å². The lowest BCUT2D eigenvalue weighted by Crippen LogP contribution is -2.25. The van der Waals surface area contributed by atoms with Gasteiger partial charge in [-0.25, -0.2) is 0 Å². The first-order valence-electron chi connectivity index (χ1n) is 5.60. The highest BCUT2D eigenvalue weighted by atomic mass is 32.2. The maximum Gasteiger partial charge on any atom is 0.0762 e. The van der Waals surface area contributed by atoms with Gasteiger partial charge in [-0.05, 0) is 18.1 Å². The topological polar surface area (TPSA) is 56.7 Å². The monoisotopic (exact) mass is 246 g/mol. The molecule has 1 aromatic heterocycles. The molecule has 0 bridgehead atoms. The summed E-state index contributed by atoms with van der Waals surface area (Å²) in [7, 11) is 1.88. The lowest BCUT2D eigenvalue weighted by molar-refractivity contribution is 0.590. The Hall–Kier alpha value is -1.33. The molecule has 2 unspecified atom stereocenters. The van der Waals surface area contributed by atoms with Crippen LogP contribution in [0.2, 0.25) is 0 Å². The minimum atomic E-state index is -0.0209. The normalized spacial score (nSPS) is 20.2. The minimum Gasteiger partial charge on any atom is -0.322 e. The van der Waals surface area contributed by atoms with Crippen LogP contribution >= 0.6 is 11.8 Å². The first kappa shape index (κ1) is 10.8. The minimum absolute atomic E-state index is 0.0209. The van der Waals surface area contributed by atoms with E-state index in [0.29, 0.717) is 5.25 Å². The lowest BCUT2D eigenvalue weighted by atomic mass is 10.0. The van der Waals surface area contributed by atoms with Crippen molar-refractivity contribution in [2.45, 2.75) is 22.6 Å². The Kier molecular flexibility index (Phi) is 2.64. The third kappa shape index (κ3) is 1.85. The lowest BCUT2D eigenvalue weighted by Gasteiger charge is -2.17. The molecule has 0 saturated heterocycles. The van der Waals surface area contributed by atoms with Crippen molar-refractivity contribution in [2.75, 3.05) is 0 Å². The Morgan fingerprint density at radius 2 is 2.29 bits per heavy atom. The summed E-state index contributed by atoms with van der Waals surface area (Å²) in [5.41, 5.74) is 8.70. The third-order valence-corrected chi connectivity index (χ3v) is 4.58. The van der Waals surface area contributed by atoms with Gasteiger partial charge in [0.15, 0.2) is 0 Å². The zero-order chi connectivity index (χ0) is 11.8. The van der Waals surface area contributed by atoms with Gasteiger partial charge in [0, 0.05) is 17.2 Å². The van der Waals surface area contributed by atoms with E-state index < -0.39 is 0 Å². The van der Waals surface area contributed by atoms with Gasteiger partial charge in [-0.3, -0.25) is 4.68 Å². The van der Waals surface area contributed by atoms with Gasteiger partial charge < -0.3 is 5.73 Å². The zero-order valence-corrected chi connectivity index (χ0v) is 10.4. The van der Waals surface area contributed by atoms with Crippen molar-refractivity contribution < 1.29 is 0 Å². The van der Waals surface area contributed by atoms with Crippen molar-refractivity contribution in [1.29, 1.82) is 0 Å². The zero-order valence-electron chi connectivity index (χ0n) is 9.58. The van der Waals surface area contributed by atoms with Crippen LogP contribution in [0.15, 0.2) is 35.4 Å². The first-order chi connectivity index (χ1) is 8.25. The van der Waals surface area contributed by atoms with Crippen LogP contribution in [0.1, 0.15) is 17.3 Å². The molecule has 0 spiro atoms. The van der Waals surface area contributed by atoms with E-state index in [9.17, 15) is 0 Å². The fourth-order valence-electron chi connectivity index (χ4n) is 2.20. The number of rotatable bonds is 2. The van der Waals surface area contributed by atoms with Crippen molar-refractivity contribution in [3.8, 4) is 0 Å². The van der Waals surface area contributed by atoms with Crippen LogP contribution < -0.4 is 5.73 Å². The number of benzene rings is 1. The fraction of sp³-hybridized carbons (Fsp3) is 0.333. The van der Waals surface area contributed by atoms with Crippen LogP contribution in [-0.4, -0.2) is 20.2 Å². The summed E-state index contributed by atoms with van der Waals surface area (Å²) in [6.07, 6.45) is 2.78. The molecule has 1 aromatic carbocycles. The van der Waals surface area contributed by atoms with Gasteiger partial charge in [0.1, 0.15) is 0 Å². The summed E-state index contributed by atoms with van der Waals surface area (Å²) in [6.45, 7) is 0. The maximum atomic E-state index is 6.30. The van der Waals surface area contributed by atoms with Crippen molar-refractivity contribution in [3.05, 3.63) is 41.7 Å². The predicted molar refractivity (Wildman–Crippen MR) is 67.7 cm³/mol. The van der Waals surface area contributed by atoms with Gasteiger partial charge in [-0.1, -0.05) is 23.4 Å². The Balaban J connectivity index is 1.83. The second kappa shape index (κ2) is 4.16. The number of thioether (sulfide) groups is 1. The van der Waals surface area contributed by atoms with E-state index >= 15 is 0 Å². The van der Waals surface area contributed by atoms with E-state index in [0.717, 1.165) is 12.1 Å². The molecular formula is C12H14N4S. The van der Waals surface area contributed by atoms with Crippen LogP contribution in [0.4, 0.5) is 0 Å². The molecule has 2 atom stereocenters. The number of aryl methyl sites for hydroxylation is 1. The molecule has 0 fully saturated rings. The highest BCUT2D eigenvalue weighted by Crippen LogP contribution is 2.41. The fourth-order valence-corrected chi connectivity index (χ4v) is 3.53. The van der Waals surface area contributed by atoms with E-state index in [4.69, 9.17) is 5.73 Å². The number of hydrogen-bond acceptors (Lipinski definition) is 4. The van der Waals surface area contributed by atoms with Crippen molar-refractivity contribution in [3.63, 3.8) is 0 Å². The largest absolute Gasteiger partial charge is 0.322 e. The molecule has 0 saturated carbocycles. The third-order valence-electron chi connectivity index (χ3n) is 3.16. The molecule has 1 aliphatic rings. The van der Waals surface area contributed by atoms with Gasteiger partial charge >= 0.3 is 0 Å². The molecule has 4 nitrogen and oxygen atoms in total. The van der Waals surface area contributed by atoms with Crippen molar-refractivity contribution >= 4 is 11.8 Å².